The highest BCUT2D eigenvalue weighted by atomic mass is 32.2. The monoisotopic (exact) mass is 394 g/mol. The number of fused-ring (bicyclic) bond motifs is 1. The van der Waals surface area contributed by atoms with E-state index in [1.54, 1.807) is 30.5 Å². The van der Waals surface area contributed by atoms with Crippen LogP contribution >= 0.6 is 11.8 Å². The second-order valence-corrected chi connectivity index (χ2v) is 6.82. The first kappa shape index (κ1) is 18.0. The van der Waals surface area contributed by atoms with Crippen LogP contribution in [0.1, 0.15) is 22.0 Å². The zero-order chi connectivity index (χ0) is 19.5. The van der Waals surface area contributed by atoms with E-state index < -0.39 is 11.4 Å². The van der Waals surface area contributed by atoms with Crippen molar-refractivity contribution >= 4 is 28.7 Å². The van der Waals surface area contributed by atoms with Gasteiger partial charge in [-0.1, -0.05) is 30.0 Å². The molecule has 0 unspecified atom stereocenters. The number of carbonyl (C=O) groups is 1. The van der Waals surface area contributed by atoms with Gasteiger partial charge in [0.05, 0.1) is 5.75 Å². The highest BCUT2D eigenvalue weighted by molar-refractivity contribution is 7.98. The highest BCUT2D eigenvalue weighted by Crippen LogP contribution is 2.21. The summed E-state index contributed by atoms with van der Waals surface area (Å²) >= 11 is 1.34. The van der Waals surface area contributed by atoms with Crippen LogP contribution in [0.15, 0.2) is 73.7 Å². The number of carbonyl (C=O) groups excluding carboxylic acids is 1. The molecular weight excluding hydrogens is 380 g/mol. The van der Waals surface area contributed by atoms with Crippen LogP contribution in [0, 0.1) is 6.92 Å². The summed E-state index contributed by atoms with van der Waals surface area (Å²) < 4.78 is 16.0. The van der Waals surface area contributed by atoms with Gasteiger partial charge in [-0.05, 0) is 25.1 Å². The van der Waals surface area contributed by atoms with Crippen LogP contribution in [0.2, 0.25) is 0 Å². The van der Waals surface area contributed by atoms with Crippen molar-refractivity contribution in [2.45, 2.75) is 17.8 Å². The minimum Gasteiger partial charge on any atom is -0.464 e. The molecule has 4 aromatic rings. The normalized spacial score (nSPS) is 10.9. The Labute approximate surface area is 163 Å². The largest absolute Gasteiger partial charge is 0.464 e. The van der Waals surface area contributed by atoms with E-state index in [0.717, 1.165) is 17.3 Å². The summed E-state index contributed by atoms with van der Waals surface area (Å²) in [6.07, 6.45) is 2.79. The second-order valence-electron chi connectivity index (χ2n) is 5.88. The molecular formula is C20H14N2O5S. The predicted octanol–water partition coefficient (Wildman–Crippen LogP) is 4.00. The van der Waals surface area contributed by atoms with Gasteiger partial charge >= 0.3 is 5.97 Å². The van der Waals surface area contributed by atoms with Gasteiger partial charge in [-0.2, -0.15) is 0 Å². The number of benzene rings is 1. The number of hydrogen-bond acceptors (Lipinski definition) is 8. The molecule has 0 radical (unpaired) electrons. The number of aryl methyl sites for hydroxylation is 1. The highest BCUT2D eigenvalue weighted by Gasteiger charge is 2.17. The van der Waals surface area contributed by atoms with Gasteiger partial charge in [-0.15, -0.1) is 0 Å². The molecule has 0 saturated carbocycles. The van der Waals surface area contributed by atoms with Gasteiger partial charge < -0.3 is 13.6 Å². The zero-order valence-corrected chi connectivity index (χ0v) is 15.6. The molecule has 0 saturated heterocycles. The molecule has 0 amide bonds. The molecule has 28 heavy (non-hydrogen) atoms. The summed E-state index contributed by atoms with van der Waals surface area (Å²) in [7, 11) is 0. The first-order valence-corrected chi connectivity index (χ1v) is 9.32. The number of hydrogen-bond donors (Lipinski definition) is 0. The fourth-order valence-electron chi connectivity index (χ4n) is 2.45. The predicted molar refractivity (Wildman–Crippen MR) is 102 cm³/mol. The van der Waals surface area contributed by atoms with E-state index in [1.165, 1.54) is 17.8 Å². The maximum Gasteiger partial charge on any atom is 0.379 e. The zero-order valence-electron chi connectivity index (χ0n) is 14.7. The first-order valence-electron chi connectivity index (χ1n) is 8.33. The maximum atomic E-state index is 12.2. The SMILES string of the molecule is Cc1ccnc(SCc2cc(=O)c(OC(=O)c3cc4ccccc4o3)co2)n1. The van der Waals surface area contributed by atoms with Crippen LogP contribution < -0.4 is 10.2 Å². The molecule has 0 N–H and O–H groups in total. The molecule has 0 bridgehead atoms. The Kier molecular flexibility index (Phi) is 4.94. The smallest absolute Gasteiger partial charge is 0.379 e. The summed E-state index contributed by atoms with van der Waals surface area (Å²) in [5, 5.41) is 1.36. The Morgan fingerprint density at radius 2 is 2.07 bits per heavy atom. The maximum absolute atomic E-state index is 12.2. The number of furan rings is 1. The summed E-state index contributed by atoms with van der Waals surface area (Å²) in [5.74, 6) is -0.165. The molecule has 3 aromatic heterocycles. The third kappa shape index (κ3) is 3.96. The van der Waals surface area contributed by atoms with E-state index in [2.05, 4.69) is 9.97 Å². The van der Waals surface area contributed by atoms with Crippen molar-refractivity contribution in [2.24, 2.45) is 0 Å². The molecule has 0 aliphatic rings. The Morgan fingerprint density at radius 3 is 2.86 bits per heavy atom. The number of esters is 1. The molecule has 4 rings (SSSR count). The van der Waals surface area contributed by atoms with Crippen LogP contribution in [-0.4, -0.2) is 15.9 Å². The Balaban J connectivity index is 1.45. The third-order valence-electron chi connectivity index (χ3n) is 3.80. The topological polar surface area (TPSA) is 95.4 Å². The molecule has 7 nitrogen and oxygen atoms in total. The van der Waals surface area contributed by atoms with Gasteiger partial charge in [0, 0.05) is 23.3 Å². The van der Waals surface area contributed by atoms with E-state index in [0.29, 0.717) is 22.3 Å². The third-order valence-corrected chi connectivity index (χ3v) is 4.68. The molecule has 0 aliphatic heterocycles. The van der Waals surface area contributed by atoms with Crippen LogP contribution in [0.25, 0.3) is 11.0 Å². The lowest BCUT2D eigenvalue weighted by Gasteiger charge is -2.03. The van der Waals surface area contributed by atoms with E-state index in [4.69, 9.17) is 13.6 Å². The summed E-state index contributed by atoms with van der Waals surface area (Å²) in [5.41, 5.74) is 0.954. The van der Waals surface area contributed by atoms with Crippen molar-refractivity contribution < 1.29 is 18.4 Å². The van der Waals surface area contributed by atoms with E-state index in [-0.39, 0.29) is 11.5 Å². The number of aromatic nitrogens is 2. The Hall–Kier alpha value is -3.39. The van der Waals surface area contributed by atoms with Gasteiger partial charge in [0.25, 0.3) is 0 Å². The number of rotatable bonds is 5. The van der Waals surface area contributed by atoms with Gasteiger partial charge in [-0.3, -0.25) is 4.79 Å². The van der Waals surface area contributed by atoms with Crippen molar-refractivity contribution in [3.8, 4) is 5.75 Å². The minimum absolute atomic E-state index is 0.0110. The molecule has 3 heterocycles. The average Bonchev–Trinajstić information content (AvgIpc) is 3.13. The average molecular weight is 394 g/mol. The van der Waals surface area contributed by atoms with Gasteiger partial charge in [0.15, 0.2) is 5.16 Å². The molecule has 140 valence electrons. The van der Waals surface area contributed by atoms with E-state index in [1.807, 2.05) is 19.1 Å². The Bertz CT molecular complexity index is 1180. The fourth-order valence-corrected chi connectivity index (χ4v) is 3.22. The number of para-hydroxylation sites is 1. The van der Waals surface area contributed by atoms with E-state index >= 15 is 0 Å². The van der Waals surface area contributed by atoms with Crippen molar-refractivity contribution in [1.82, 2.24) is 9.97 Å². The summed E-state index contributed by atoms with van der Waals surface area (Å²) in [4.78, 5) is 32.9. The van der Waals surface area contributed by atoms with Gasteiger partial charge in [-0.25, -0.2) is 14.8 Å². The molecule has 0 aliphatic carbocycles. The van der Waals surface area contributed by atoms with Gasteiger partial charge in [0.2, 0.25) is 16.9 Å². The number of ether oxygens (including phenoxy) is 1. The molecule has 1 aromatic carbocycles. The first-order chi connectivity index (χ1) is 13.6. The van der Waals surface area contributed by atoms with Crippen LogP contribution in [0.3, 0.4) is 0 Å². The molecule has 0 spiro atoms. The van der Waals surface area contributed by atoms with Crippen molar-refractivity contribution in [3.63, 3.8) is 0 Å². The molecule has 8 heteroatoms. The second kappa shape index (κ2) is 7.69. The van der Waals surface area contributed by atoms with Crippen molar-refractivity contribution in [3.05, 3.63) is 82.4 Å². The van der Waals surface area contributed by atoms with E-state index in [9.17, 15) is 9.59 Å². The lowest BCUT2D eigenvalue weighted by atomic mass is 10.2. The fraction of sp³-hybridized carbons (Fsp3) is 0.100. The van der Waals surface area contributed by atoms with Crippen LogP contribution in [0.5, 0.6) is 5.75 Å². The lowest BCUT2D eigenvalue weighted by molar-refractivity contribution is 0.0698. The summed E-state index contributed by atoms with van der Waals surface area (Å²) in [6, 6.07) is 11.8. The van der Waals surface area contributed by atoms with Crippen LogP contribution in [0.4, 0.5) is 0 Å². The van der Waals surface area contributed by atoms with Gasteiger partial charge in [0.1, 0.15) is 17.6 Å². The standard InChI is InChI=1S/C20H14N2O5S/c1-12-6-7-21-20(22-12)28-11-14-9-15(23)18(10-25-14)27-19(24)17-8-13-4-2-3-5-16(13)26-17/h2-10H,11H2,1H3. The lowest BCUT2D eigenvalue weighted by Crippen LogP contribution is -2.14. The van der Waals surface area contributed by atoms with Crippen molar-refractivity contribution in [1.29, 1.82) is 0 Å². The summed E-state index contributed by atoms with van der Waals surface area (Å²) in [6.45, 7) is 1.87. The minimum atomic E-state index is -0.765. The Morgan fingerprint density at radius 1 is 1.21 bits per heavy atom. The number of nitrogens with zero attached hydrogens (tertiary/aromatic N) is 2. The number of thioether (sulfide) groups is 1. The molecule has 0 atom stereocenters. The molecule has 0 fully saturated rings. The quantitative estimate of drug-likeness (QED) is 0.285. The van der Waals surface area contributed by atoms with Crippen molar-refractivity contribution in [2.75, 3.05) is 0 Å². The van der Waals surface area contributed by atoms with Crippen LogP contribution in [-0.2, 0) is 5.75 Å².